The van der Waals surface area contributed by atoms with E-state index in [-0.39, 0.29) is 5.91 Å². The maximum absolute atomic E-state index is 11.2. The number of hydrogen-bond acceptors (Lipinski definition) is 2. The minimum atomic E-state index is 0.0960. The molecule has 1 aromatic carbocycles. The molecule has 2 rings (SSSR count). The number of para-hydroxylation sites is 1. The van der Waals surface area contributed by atoms with Crippen LogP contribution in [0.1, 0.15) is 18.4 Å². The molecule has 0 atom stereocenters. The Morgan fingerprint density at radius 3 is 2.89 bits per heavy atom. The number of carbonyl (C=O) groups is 1. The molecule has 1 amide bonds. The van der Waals surface area contributed by atoms with Crippen LogP contribution < -0.4 is 11.1 Å². The molecule has 0 unspecified atom stereocenters. The van der Waals surface area contributed by atoms with Gasteiger partial charge in [0.1, 0.15) is 0 Å². The Morgan fingerprint density at radius 2 is 2.16 bits per heavy atom. The predicted octanol–water partition coefficient (Wildman–Crippen LogP) is 1.67. The lowest BCUT2D eigenvalue weighted by Crippen LogP contribution is -2.17. The molecule has 102 valence electrons. The molecular formula is C15H21N3O. The zero-order valence-electron chi connectivity index (χ0n) is 11.4. The van der Waals surface area contributed by atoms with Gasteiger partial charge in [-0.15, -0.1) is 0 Å². The molecule has 19 heavy (non-hydrogen) atoms. The number of hydrogen-bond donors (Lipinski definition) is 2. The summed E-state index contributed by atoms with van der Waals surface area (Å²) in [6.07, 6.45) is 4.47. The number of nitrogens with one attached hydrogen (secondary N) is 1. The molecule has 0 radical (unpaired) electrons. The third-order valence-corrected chi connectivity index (χ3v) is 3.37. The summed E-state index contributed by atoms with van der Waals surface area (Å²) in [6, 6.07) is 8.35. The molecule has 0 aliphatic rings. The number of aromatic nitrogens is 1. The topological polar surface area (TPSA) is 60.0 Å². The molecule has 0 spiro atoms. The van der Waals surface area contributed by atoms with Crippen molar-refractivity contribution in [2.24, 2.45) is 5.73 Å². The van der Waals surface area contributed by atoms with E-state index in [0.29, 0.717) is 13.0 Å². The molecule has 1 aromatic heterocycles. The fourth-order valence-electron chi connectivity index (χ4n) is 2.40. The van der Waals surface area contributed by atoms with Crippen LogP contribution in [0.2, 0.25) is 0 Å². The lowest BCUT2D eigenvalue weighted by molar-refractivity contribution is -0.120. The molecule has 2 aromatic rings. The third-order valence-electron chi connectivity index (χ3n) is 3.37. The van der Waals surface area contributed by atoms with Crippen molar-refractivity contribution in [3.63, 3.8) is 0 Å². The van der Waals surface area contributed by atoms with Crippen LogP contribution in [0.3, 0.4) is 0 Å². The van der Waals surface area contributed by atoms with Crippen LogP contribution in [0.4, 0.5) is 0 Å². The first-order valence-corrected chi connectivity index (χ1v) is 6.73. The lowest BCUT2D eigenvalue weighted by atomic mass is 10.1. The molecular weight excluding hydrogens is 238 g/mol. The van der Waals surface area contributed by atoms with Crippen LogP contribution in [-0.2, 0) is 17.8 Å². The average Bonchev–Trinajstić information content (AvgIpc) is 2.78. The largest absolute Gasteiger partial charge is 0.359 e. The monoisotopic (exact) mass is 259 g/mol. The van der Waals surface area contributed by atoms with E-state index in [4.69, 9.17) is 5.73 Å². The van der Waals surface area contributed by atoms with Gasteiger partial charge in [0.25, 0.3) is 0 Å². The van der Waals surface area contributed by atoms with Crippen LogP contribution in [-0.4, -0.2) is 24.1 Å². The van der Waals surface area contributed by atoms with E-state index >= 15 is 0 Å². The van der Waals surface area contributed by atoms with Crippen LogP contribution in [0.25, 0.3) is 10.9 Å². The fraction of sp³-hybridized carbons (Fsp3) is 0.400. The van der Waals surface area contributed by atoms with Crippen molar-refractivity contribution in [3.8, 4) is 0 Å². The summed E-state index contributed by atoms with van der Waals surface area (Å²) >= 11 is 0. The number of amides is 1. The van der Waals surface area contributed by atoms with Gasteiger partial charge < -0.3 is 15.6 Å². The zero-order chi connectivity index (χ0) is 13.7. The number of nitrogens with two attached hydrogens (primary N) is 1. The van der Waals surface area contributed by atoms with Crippen molar-refractivity contribution in [2.45, 2.75) is 25.8 Å². The van der Waals surface area contributed by atoms with Gasteiger partial charge in [-0.05, 0) is 31.0 Å². The van der Waals surface area contributed by atoms with E-state index in [1.807, 2.05) is 6.07 Å². The second kappa shape index (κ2) is 6.38. The minimum Gasteiger partial charge on any atom is -0.359 e. The first-order chi connectivity index (χ1) is 9.26. The van der Waals surface area contributed by atoms with Gasteiger partial charge in [-0.1, -0.05) is 18.2 Å². The molecule has 0 aliphatic heterocycles. The highest BCUT2D eigenvalue weighted by Gasteiger charge is 2.07. The molecule has 4 heteroatoms. The smallest absolute Gasteiger partial charge is 0.219 e. The Labute approximate surface area is 113 Å². The van der Waals surface area contributed by atoms with Gasteiger partial charge in [-0.2, -0.15) is 0 Å². The van der Waals surface area contributed by atoms with Crippen LogP contribution >= 0.6 is 0 Å². The Bertz CT molecular complexity index is 560. The van der Waals surface area contributed by atoms with E-state index in [2.05, 4.69) is 34.3 Å². The third kappa shape index (κ3) is 3.15. The standard InChI is InChI=1S/C15H21N3O/c1-17-15(19)7-4-10-18-11-12(8-9-16)13-5-2-3-6-14(13)18/h2-3,5-6,11H,4,7-10,16H2,1H3,(H,17,19). The molecule has 0 saturated carbocycles. The number of carbonyl (C=O) groups excluding carboxylic acids is 1. The van der Waals surface area contributed by atoms with Crippen molar-refractivity contribution in [2.75, 3.05) is 13.6 Å². The summed E-state index contributed by atoms with van der Waals surface area (Å²) in [5.74, 6) is 0.0960. The number of nitrogens with zero attached hydrogens (tertiary/aromatic N) is 1. The number of rotatable bonds is 6. The van der Waals surface area contributed by atoms with Crippen molar-refractivity contribution >= 4 is 16.8 Å². The van der Waals surface area contributed by atoms with E-state index in [1.54, 1.807) is 7.05 Å². The maximum atomic E-state index is 11.2. The summed E-state index contributed by atoms with van der Waals surface area (Å²) in [5, 5.41) is 3.92. The number of fused-ring (bicyclic) bond motifs is 1. The summed E-state index contributed by atoms with van der Waals surface area (Å²) in [7, 11) is 1.67. The van der Waals surface area contributed by atoms with Gasteiger partial charge in [0.2, 0.25) is 5.91 Å². The highest BCUT2D eigenvalue weighted by molar-refractivity contribution is 5.84. The van der Waals surface area contributed by atoms with Gasteiger partial charge in [-0.25, -0.2) is 0 Å². The second-order valence-electron chi connectivity index (χ2n) is 4.68. The normalized spacial score (nSPS) is 10.8. The Morgan fingerprint density at radius 1 is 1.37 bits per heavy atom. The molecule has 3 N–H and O–H groups in total. The van der Waals surface area contributed by atoms with Crippen LogP contribution in [0.15, 0.2) is 30.5 Å². The molecule has 0 aliphatic carbocycles. The predicted molar refractivity (Wildman–Crippen MR) is 78.0 cm³/mol. The maximum Gasteiger partial charge on any atom is 0.219 e. The second-order valence-corrected chi connectivity index (χ2v) is 4.68. The molecule has 0 bridgehead atoms. The van der Waals surface area contributed by atoms with Gasteiger partial charge >= 0.3 is 0 Å². The van der Waals surface area contributed by atoms with Crippen molar-refractivity contribution < 1.29 is 4.79 Å². The first-order valence-electron chi connectivity index (χ1n) is 6.73. The Balaban J connectivity index is 2.16. The molecule has 4 nitrogen and oxygen atoms in total. The SMILES string of the molecule is CNC(=O)CCCn1cc(CCN)c2ccccc21. The molecule has 0 saturated heterocycles. The van der Waals surface area contributed by atoms with Gasteiger partial charge in [0, 0.05) is 37.1 Å². The van der Waals surface area contributed by atoms with E-state index in [1.165, 1.54) is 16.5 Å². The minimum absolute atomic E-state index is 0.0960. The van der Waals surface area contributed by atoms with Crippen molar-refractivity contribution in [1.29, 1.82) is 0 Å². The Kier molecular flexibility index (Phi) is 4.58. The summed E-state index contributed by atoms with van der Waals surface area (Å²) < 4.78 is 2.23. The lowest BCUT2D eigenvalue weighted by Gasteiger charge is -2.04. The van der Waals surface area contributed by atoms with Gasteiger partial charge in [0.05, 0.1) is 0 Å². The van der Waals surface area contributed by atoms with Gasteiger partial charge in [-0.3, -0.25) is 4.79 Å². The summed E-state index contributed by atoms with van der Waals surface area (Å²) in [4.78, 5) is 11.2. The summed E-state index contributed by atoms with van der Waals surface area (Å²) in [5.41, 5.74) is 8.17. The van der Waals surface area contributed by atoms with E-state index < -0.39 is 0 Å². The molecule has 0 fully saturated rings. The average molecular weight is 259 g/mol. The highest BCUT2D eigenvalue weighted by atomic mass is 16.1. The molecule has 1 heterocycles. The first kappa shape index (κ1) is 13.6. The van der Waals surface area contributed by atoms with E-state index in [0.717, 1.165) is 19.4 Å². The highest BCUT2D eigenvalue weighted by Crippen LogP contribution is 2.22. The van der Waals surface area contributed by atoms with Crippen LogP contribution in [0, 0.1) is 0 Å². The Hall–Kier alpha value is -1.81. The van der Waals surface area contributed by atoms with Crippen molar-refractivity contribution in [1.82, 2.24) is 9.88 Å². The number of benzene rings is 1. The quantitative estimate of drug-likeness (QED) is 0.829. The van der Waals surface area contributed by atoms with E-state index in [9.17, 15) is 4.79 Å². The zero-order valence-corrected chi connectivity index (χ0v) is 11.4. The number of aryl methyl sites for hydroxylation is 1. The summed E-state index contributed by atoms with van der Waals surface area (Å²) in [6.45, 7) is 1.52. The fourth-order valence-corrected chi connectivity index (χ4v) is 2.40. The van der Waals surface area contributed by atoms with Crippen molar-refractivity contribution in [3.05, 3.63) is 36.0 Å². The van der Waals surface area contributed by atoms with Crippen LogP contribution in [0.5, 0.6) is 0 Å². The van der Waals surface area contributed by atoms with Gasteiger partial charge in [0.15, 0.2) is 0 Å².